The van der Waals surface area contributed by atoms with Crippen LogP contribution in [0.3, 0.4) is 0 Å². The Kier molecular flexibility index (Phi) is 5.62. The molecular formula is C13H26N2O3S. The molecule has 0 radical (unpaired) electrons. The maximum Gasteiger partial charge on any atom is 0.214 e. The van der Waals surface area contributed by atoms with E-state index in [1.165, 1.54) is 12.8 Å². The van der Waals surface area contributed by atoms with E-state index >= 15 is 0 Å². The molecule has 2 aliphatic heterocycles. The molecule has 0 aromatic rings. The fourth-order valence-corrected chi connectivity index (χ4v) is 4.58. The average molecular weight is 290 g/mol. The predicted molar refractivity (Wildman–Crippen MR) is 75.6 cm³/mol. The number of nitrogens with zero attached hydrogens (tertiary/aromatic N) is 1. The van der Waals surface area contributed by atoms with Crippen molar-refractivity contribution in [3.8, 4) is 0 Å². The van der Waals surface area contributed by atoms with Gasteiger partial charge in [-0.05, 0) is 38.6 Å². The van der Waals surface area contributed by atoms with Gasteiger partial charge in [0.05, 0.1) is 11.9 Å². The number of piperidine rings is 2. The molecule has 2 rings (SSSR count). The molecule has 2 fully saturated rings. The molecular weight excluding hydrogens is 264 g/mol. The van der Waals surface area contributed by atoms with E-state index in [-0.39, 0.29) is 11.9 Å². The van der Waals surface area contributed by atoms with Crippen LogP contribution < -0.4 is 5.32 Å². The minimum absolute atomic E-state index is 0.0660. The zero-order chi connectivity index (χ0) is 13.7. The summed E-state index contributed by atoms with van der Waals surface area (Å²) in [6.45, 7) is 2.21. The lowest BCUT2D eigenvalue weighted by molar-refractivity contribution is 0.0571. The minimum atomic E-state index is -3.11. The van der Waals surface area contributed by atoms with E-state index < -0.39 is 10.0 Å². The summed E-state index contributed by atoms with van der Waals surface area (Å²) in [4.78, 5) is 0. The molecule has 0 aromatic heterocycles. The maximum atomic E-state index is 12.3. The summed E-state index contributed by atoms with van der Waals surface area (Å²) < 4.78 is 31.6. The van der Waals surface area contributed by atoms with Gasteiger partial charge >= 0.3 is 0 Å². The number of hydrogen-bond acceptors (Lipinski definition) is 4. The average Bonchev–Trinajstić information content (AvgIpc) is 2.46. The van der Waals surface area contributed by atoms with Gasteiger partial charge in [0, 0.05) is 26.2 Å². The van der Waals surface area contributed by atoms with E-state index in [0.717, 1.165) is 32.2 Å². The molecule has 112 valence electrons. The van der Waals surface area contributed by atoms with Crippen LogP contribution in [0.1, 0.15) is 38.5 Å². The molecule has 5 nitrogen and oxygen atoms in total. The summed E-state index contributed by atoms with van der Waals surface area (Å²) in [5, 5.41) is 3.41. The van der Waals surface area contributed by atoms with Gasteiger partial charge in [-0.2, -0.15) is 4.31 Å². The van der Waals surface area contributed by atoms with E-state index in [4.69, 9.17) is 4.74 Å². The lowest BCUT2D eigenvalue weighted by Crippen LogP contribution is -2.45. The quantitative estimate of drug-likeness (QED) is 0.819. The maximum absolute atomic E-state index is 12.3. The topological polar surface area (TPSA) is 58.6 Å². The summed E-state index contributed by atoms with van der Waals surface area (Å²) >= 11 is 0. The van der Waals surface area contributed by atoms with Gasteiger partial charge < -0.3 is 10.1 Å². The fourth-order valence-electron chi connectivity index (χ4n) is 2.94. The second-order valence-electron chi connectivity index (χ2n) is 5.61. The zero-order valence-corrected chi connectivity index (χ0v) is 12.6. The van der Waals surface area contributed by atoms with Crippen LogP contribution in [0.15, 0.2) is 0 Å². The molecule has 0 aromatic carbocycles. The molecule has 0 saturated carbocycles. The Morgan fingerprint density at radius 2 is 2.11 bits per heavy atom. The van der Waals surface area contributed by atoms with Crippen LogP contribution >= 0.6 is 0 Å². The Bertz CT molecular complexity index is 366. The highest BCUT2D eigenvalue weighted by molar-refractivity contribution is 7.89. The van der Waals surface area contributed by atoms with Crippen LogP contribution in [-0.4, -0.2) is 57.4 Å². The molecule has 2 aliphatic rings. The van der Waals surface area contributed by atoms with Gasteiger partial charge in [0.1, 0.15) is 0 Å². The summed E-state index contributed by atoms with van der Waals surface area (Å²) in [6, 6.07) is 0.381. The number of methoxy groups -OCH3 is 1. The third kappa shape index (κ3) is 4.41. The van der Waals surface area contributed by atoms with Crippen molar-refractivity contribution in [3.63, 3.8) is 0 Å². The van der Waals surface area contributed by atoms with E-state index in [1.807, 2.05) is 0 Å². The molecule has 1 N–H and O–H groups in total. The minimum Gasteiger partial charge on any atom is -0.380 e. The smallest absolute Gasteiger partial charge is 0.214 e. The number of ether oxygens (including phenoxy) is 1. The number of hydrogen-bond donors (Lipinski definition) is 1. The summed E-state index contributed by atoms with van der Waals surface area (Å²) in [6.07, 6.45) is 6.20. The summed E-state index contributed by atoms with van der Waals surface area (Å²) in [5.41, 5.74) is 0. The van der Waals surface area contributed by atoms with E-state index in [1.54, 1.807) is 11.4 Å². The van der Waals surface area contributed by atoms with Crippen LogP contribution in [0.4, 0.5) is 0 Å². The van der Waals surface area contributed by atoms with Crippen LogP contribution in [0.5, 0.6) is 0 Å². The standard InChI is InChI=1S/C13H26N2O3S/c1-18-13-6-4-9-15(11-13)19(16,17)10-7-12-5-2-3-8-14-12/h12-14H,2-11H2,1H3. The molecule has 19 heavy (non-hydrogen) atoms. The van der Waals surface area contributed by atoms with E-state index in [0.29, 0.717) is 19.1 Å². The Hall–Kier alpha value is -0.170. The number of sulfonamides is 1. The Morgan fingerprint density at radius 1 is 1.26 bits per heavy atom. The fraction of sp³-hybridized carbons (Fsp3) is 1.00. The van der Waals surface area contributed by atoms with Crippen LogP contribution in [-0.2, 0) is 14.8 Å². The van der Waals surface area contributed by atoms with Gasteiger partial charge in [-0.25, -0.2) is 8.42 Å². The Morgan fingerprint density at radius 3 is 2.79 bits per heavy atom. The van der Waals surface area contributed by atoms with Crippen molar-refractivity contribution in [1.29, 1.82) is 0 Å². The molecule has 6 heteroatoms. The molecule has 0 aliphatic carbocycles. The first-order valence-corrected chi connectivity index (χ1v) is 8.97. The zero-order valence-electron chi connectivity index (χ0n) is 11.8. The summed E-state index contributed by atoms with van der Waals surface area (Å²) in [5.74, 6) is 0.265. The lowest BCUT2D eigenvalue weighted by atomic mass is 10.0. The first kappa shape index (κ1) is 15.2. The highest BCUT2D eigenvalue weighted by atomic mass is 32.2. The predicted octanol–water partition coefficient (Wildman–Crippen LogP) is 0.959. The molecule has 2 unspecified atom stereocenters. The van der Waals surface area contributed by atoms with Crippen molar-refractivity contribution in [2.75, 3.05) is 32.5 Å². The molecule has 2 heterocycles. The van der Waals surface area contributed by atoms with E-state index in [2.05, 4.69) is 5.32 Å². The second-order valence-corrected chi connectivity index (χ2v) is 7.70. The number of nitrogens with one attached hydrogen (secondary N) is 1. The second kappa shape index (κ2) is 7.02. The SMILES string of the molecule is COC1CCCN(S(=O)(=O)CCC2CCCCN2)C1. The van der Waals surface area contributed by atoms with Crippen molar-refractivity contribution >= 4 is 10.0 Å². The van der Waals surface area contributed by atoms with Gasteiger partial charge in [0.2, 0.25) is 10.0 Å². The Balaban J connectivity index is 1.83. The first-order chi connectivity index (χ1) is 9.12. The normalized spacial score (nSPS) is 30.4. The van der Waals surface area contributed by atoms with Gasteiger partial charge in [-0.3, -0.25) is 0 Å². The summed E-state index contributed by atoms with van der Waals surface area (Å²) in [7, 11) is -1.45. The van der Waals surface area contributed by atoms with Gasteiger partial charge in [-0.1, -0.05) is 6.42 Å². The van der Waals surface area contributed by atoms with Crippen LogP contribution in [0, 0.1) is 0 Å². The van der Waals surface area contributed by atoms with Gasteiger partial charge in [0.25, 0.3) is 0 Å². The third-order valence-electron chi connectivity index (χ3n) is 4.20. The van der Waals surface area contributed by atoms with Crippen molar-refractivity contribution in [3.05, 3.63) is 0 Å². The van der Waals surface area contributed by atoms with Gasteiger partial charge in [0.15, 0.2) is 0 Å². The van der Waals surface area contributed by atoms with E-state index in [9.17, 15) is 8.42 Å². The largest absolute Gasteiger partial charge is 0.380 e. The van der Waals surface area contributed by atoms with Crippen LogP contribution in [0.2, 0.25) is 0 Å². The van der Waals surface area contributed by atoms with Crippen molar-refractivity contribution in [2.24, 2.45) is 0 Å². The monoisotopic (exact) mass is 290 g/mol. The lowest BCUT2D eigenvalue weighted by Gasteiger charge is -2.32. The number of rotatable bonds is 5. The van der Waals surface area contributed by atoms with Crippen molar-refractivity contribution < 1.29 is 13.2 Å². The highest BCUT2D eigenvalue weighted by Gasteiger charge is 2.29. The molecule has 0 amide bonds. The molecule has 0 bridgehead atoms. The molecule has 2 saturated heterocycles. The van der Waals surface area contributed by atoms with Crippen molar-refractivity contribution in [1.82, 2.24) is 9.62 Å². The first-order valence-electron chi connectivity index (χ1n) is 7.36. The van der Waals surface area contributed by atoms with Crippen molar-refractivity contribution in [2.45, 2.75) is 50.7 Å². The van der Waals surface area contributed by atoms with Gasteiger partial charge in [-0.15, -0.1) is 0 Å². The third-order valence-corrected chi connectivity index (χ3v) is 6.07. The molecule has 2 atom stereocenters. The highest BCUT2D eigenvalue weighted by Crippen LogP contribution is 2.18. The Labute approximate surface area is 116 Å². The molecule has 0 spiro atoms. The van der Waals surface area contributed by atoms with Crippen LogP contribution in [0.25, 0.3) is 0 Å².